The Kier molecular flexibility index (Phi) is 8.27. The molecular formula is C17H35N3O. The molecule has 1 amide bonds. The first-order valence-corrected chi connectivity index (χ1v) is 8.65. The SMILES string of the molecule is CC(CC(=O)NCCN(C(C)C)C(C)C)C1CCCNC1. The highest BCUT2D eigenvalue weighted by atomic mass is 16.1. The summed E-state index contributed by atoms with van der Waals surface area (Å²) >= 11 is 0. The molecule has 4 nitrogen and oxygen atoms in total. The molecule has 2 N–H and O–H groups in total. The number of carbonyl (C=O) groups is 1. The number of nitrogens with zero attached hydrogens (tertiary/aromatic N) is 1. The molecule has 2 unspecified atom stereocenters. The highest BCUT2D eigenvalue weighted by Gasteiger charge is 2.22. The van der Waals surface area contributed by atoms with Gasteiger partial charge in [0.1, 0.15) is 0 Å². The summed E-state index contributed by atoms with van der Waals surface area (Å²) < 4.78 is 0. The number of hydrogen-bond donors (Lipinski definition) is 2. The molecule has 1 heterocycles. The van der Waals surface area contributed by atoms with Crippen molar-refractivity contribution in [1.82, 2.24) is 15.5 Å². The molecule has 0 aliphatic carbocycles. The summed E-state index contributed by atoms with van der Waals surface area (Å²) in [6.07, 6.45) is 3.17. The first-order valence-electron chi connectivity index (χ1n) is 8.65. The molecule has 4 heteroatoms. The summed E-state index contributed by atoms with van der Waals surface area (Å²) in [6, 6.07) is 1.04. The van der Waals surface area contributed by atoms with Gasteiger partial charge in [0.05, 0.1) is 0 Å². The van der Waals surface area contributed by atoms with Crippen LogP contribution >= 0.6 is 0 Å². The Hall–Kier alpha value is -0.610. The van der Waals surface area contributed by atoms with E-state index in [1.165, 1.54) is 12.8 Å². The van der Waals surface area contributed by atoms with E-state index in [0.717, 1.165) is 26.2 Å². The van der Waals surface area contributed by atoms with Gasteiger partial charge in [-0.25, -0.2) is 0 Å². The zero-order valence-electron chi connectivity index (χ0n) is 14.6. The summed E-state index contributed by atoms with van der Waals surface area (Å²) in [6.45, 7) is 14.9. The van der Waals surface area contributed by atoms with E-state index in [1.807, 2.05) is 0 Å². The van der Waals surface area contributed by atoms with Crippen LogP contribution in [0.4, 0.5) is 0 Å². The molecule has 1 saturated heterocycles. The molecule has 1 aliphatic rings. The topological polar surface area (TPSA) is 44.4 Å². The molecule has 0 spiro atoms. The van der Waals surface area contributed by atoms with Crippen LogP contribution in [0.2, 0.25) is 0 Å². The molecular weight excluding hydrogens is 262 g/mol. The second kappa shape index (κ2) is 9.42. The molecule has 1 rings (SSSR count). The van der Waals surface area contributed by atoms with E-state index in [2.05, 4.69) is 50.2 Å². The van der Waals surface area contributed by atoms with Crippen molar-refractivity contribution in [2.45, 2.75) is 66.0 Å². The third kappa shape index (κ3) is 6.79. The number of carbonyl (C=O) groups excluding carboxylic acids is 1. The lowest BCUT2D eigenvalue weighted by atomic mass is 9.85. The van der Waals surface area contributed by atoms with Crippen LogP contribution in [-0.2, 0) is 4.79 Å². The van der Waals surface area contributed by atoms with Gasteiger partial charge in [-0.2, -0.15) is 0 Å². The maximum Gasteiger partial charge on any atom is 0.220 e. The van der Waals surface area contributed by atoms with Crippen LogP contribution < -0.4 is 10.6 Å². The lowest BCUT2D eigenvalue weighted by Crippen LogP contribution is -2.43. The number of amides is 1. The minimum atomic E-state index is 0.209. The summed E-state index contributed by atoms with van der Waals surface area (Å²) in [5, 5.41) is 6.53. The zero-order valence-corrected chi connectivity index (χ0v) is 14.6. The van der Waals surface area contributed by atoms with Crippen LogP contribution in [0.3, 0.4) is 0 Å². The van der Waals surface area contributed by atoms with Crippen LogP contribution in [0.15, 0.2) is 0 Å². The van der Waals surface area contributed by atoms with Crippen molar-refractivity contribution < 1.29 is 4.79 Å². The van der Waals surface area contributed by atoms with Crippen molar-refractivity contribution in [3.05, 3.63) is 0 Å². The van der Waals surface area contributed by atoms with E-state index in [4.69, 9.17) is 0 Å². The van der Waals surface area contributed by atoms with Gasteiger partial charge in [-0.05, 0) is 65.5 Å². The number of rotatable bonds is 8. The van der Waals surface area contributed by atoms with E-state index in [-0.39, 0.29) is 5.91 Å². The van der Waals surface area contributed by atoms with E-state index < -0.39 is 0 Å². The number of piperidine rings is 1. The molecule has 124 valence electrons. The molecule has 0 bridgehead atoms. The Labute approximate surface area is 131 Å². The Balaban J connectivity index is 2.23. The lowest BCUT2D eigenvalue weighted by Gasteiger charge is -2.31. The van der Waals surface area contributed by atoms with Crippen molar-refractivity contribution in [1.29, 1.82) is 0 Å². The number of nitrogens with one attached hydrogen (secondary N) is 2. The Morgan fingerprint density at radius 3 is 2.43 bits per heavy atom. The summed E-state index contributed by atoms with van der Waals surface area (Å²) in [7, 11) is 0. The second-order valence-electron chi connectivity index (χ2n) is 7.06. The molecule has 1 fully saturated rings. The highest BCUT2D eigenvalue weighted by Crippen LogP contribution is 2.22. The van der Waals surface area contributed by atoms with Gasteiger partial charge in [0.2, 0.25) is 5.91 Å². The molecule has 1 aliphatic heterocycles. The fourth-order valence-corrected chi connectivity index (χ4v) is 3.33. The monoisotopic (exact) mass is 297 g/mol. The van der Waals surface area contributed by atoms with Crippen LogP contribution in [0.25, 0.3) is 0 Å². The van der Waals surface area contributed by atoms with E-state index in [0.29, 0.717) is 30.3 Å². The van der Waals surface area contributed by atoms with Gasteiger partial charge >= 0.3 is 0 Å². The summed E-state index contributed by atoms with van der Waals surface area (Å²) in [5.74, 6) is 1.34. The summed E-state index contributed by atoms with van der Waals surface area (Å²) in [5.41, 5.74) is 0. The first kappa shape index (κ1) is 18.4. The van der Waals surface area contributed by atoms with Crippen molar-refractivity contribution in [3.8, 4) is 0 Å². The van der Waals surface area contributed by atoms with Crippen molar-refractivity contribution in [2.24, 2.45) is 11.8 Å². The summed E-state index contributed by atoms with van der Waals surface area (Å²) in [4.78, 5) is 14.5. The van der Waals surface area contributed by atoms with Gasteiger partial charge in [0.25, 0.3) is 0 Å². The largest absolute Gasteiger partial charge is 0.355 e. The van der Waals surface area contributed by atoms with Crippen LogP contribution in [0.5, 0.6) is 0 Å². The molecule has 0 saturated carbocycles. The third-order valence-electron chi connectivity index (χ3n) is 4.67. The Morgan fingerprint density at radius 1 is 1.24 bits per heavy atom. The van der Waals surface area contributed by atoms with Crippen molar-refractivity contribution >= 4 is 5.91 Å². The molecule has 0 aromatic rings. The van der Waals surface area contributed by atoms with Gasteiger partial charge in [0.15, 0.2) is 0 Å². The van der Waals surface area contributed by atoms with Gasteiger partial charge in [-0.15, -0.1) is 0 Å². The fourth-order valence-electron chi connectivity index (χ4n) is 3.33. The quantitative estimate of drug-likeness (QED) is 0.722. The van der Waals surface area contributed by atoms with Crippen LogP contribution in [-0.4, -0.2) is 49.1 Å². The maximum atomic E-state index is 12.1. The first-order chi connectivity index (χ1) is 9.91. The lowest BCUT2D eigenvalue weighted by molar-refractivity contribution is -0.122. The smallest absolute Gasteiger partial charge is 0.220 e. The molecule has 0 aromatic carbocycles. The molecule has 0 radical (unpaired) electrons. The third-order valence-corrected chi connectivity index (χ3v) is 4.67. The zero-order chi connectivity index (χ0) is 15.8. The minimum absolute atomic E-state index is 0.209. The second-order valence-corrected chi connectivity index (χ2v) is 7.06. The highest BCUT2D eigenvalue weighted by molar-refractivity contribution is 5.76. The normalized spacial score (nSPS) is 21.0. The Bertz CT molecular complexity index is 290. The van der Waals surface area contributed by atoms with Gasteiger partial charge < -0.3 is 10.6 Å². The number of hydrogen-bond acceptors (Lipinski definition) is 3. The Morgan fingerprint density at radius 2 is 1.90 bits per heavy atom. The fraction of sp³-hybridized carbons (Fsp3) is 0.941. The average Bonchev–Trinajstić information content (AvgIpc) is 2.43. The van der Waals surface area contributed by atoms with Crippen LogP contribution in [0, 0.1) is 11.8 Å². The van der Waals surface area contributed by atoms with Crippen molar-refractivity contribution in [2.75, 3.05) is 26.2 Å². The molecule has 2 atom stereocenters. The van der Waals surface area contributed by atoms with E-state index >= 15 is 0 Å². The minimum Gasteiger partial charge on any atom is -0.355 e. The average molecular weight is 297 g/mol. The van der Waals surface area contributed by atoms with Crippen molar-refractivity contribution in [3.63, 3.8) is 0 Å². The molecule has 0 aromatic heterocycles. The molecule has 21 heavy (non-hydrogen) atoms. The van der Waals surface area contributed by atoms with Gasteiger partial charge in [-0.3, -0.25) is 9.69 Å². The predicted molar refractivity (Wildman–Crippen MR) is 89.4 cm³/mol. The van der Waals surface area contributed by atoms with E-state index in [1.54, 1.807) is 0 Å². The van der Waals surface area contributed by atoms with E-state index in [9.17, 15) is 4.79 Å². The standard InChI is InChI=1S/C17H35N3O/c1-13(2)20(14(3)4)10-9-19-17(21)11-15(5)16-7-6-8-18-12-16/h13-16,18H,6-12H2,1-5H3,(H,19,21). The maximum absolute atomic E-state index is 12.1. The van der Waals surface area contributed by atoms with Gasteiger partial charge in [0, 0.05) is 31.6 Å². The predicted octanol–water partition coefficient (Wildman–Crippen LogP) is 2.25. The van der Waals surface area contributed by atoms with Crippen LogP contribution in [0.1, 0.15) is 53.9 Å². The van der Waals surface area contributed by atoms with Gasteiger partial charge in [-0.1, -0.05) is 6.92 Å².